The Balaban J connectivity index is 1.46. The van der Waals surface area contributed by atoms with E-state index >= 15 is 0 Å². The van der Waals surface area contributed by atoms with Crippen molar-refractivity contribution in [3.05, 3.63) is 101 Å². The molecule has 0 saturated carbocycles. The Morgan fingerprint density at radius 2 is 1.95 bits per heavy atom. The number of carbonyl (C=O) groups excluding carboxylic acids is 2. The van der Waals surface area contributed by atoms with Crippen LogP contribution < -0.4 is 16.0 Å². The lowest BCUT2D eigenvalue weighted by molar-refractivity contribution is -0.117. The van der Waals surface area contributed by atoms with Gasteiger partial charge in [0.05, 0.1) is 24.5 Å². The van der Waals surface area contributed by atoms with E-state index in [9.17, 15) is 14.0 Å². The minimum absolute atomic E-state index is 0.00580. The number of nitrogens with zero attached hydrogens (tertiary/aromatic N) is 4. The molecule has 1 atom stereocenters. The van der Waals surface area contributed by atoms with Crippen molar-refractivity contribution in [2.75, 3.05) is 24.3 Å². The van der Waals surface area contributed by atoms with Crippen LogP contribution in [0, 0.1) is 5.82 Å². The number of halogens is 2. The van der Waals surface area contributed by atoms with Gasteiger partial charge in [0.1, 0.15) is 12.1 Å². The lowest BCUT2D eigenvalue weighted by atomic mass is 10.1. The zero-order chi connectivity index (χ0) is 27.6. The fraction of sp³-hybridized carbons (Fsp3) is 0.148. The van der Waals surface area contributed by atoms with Crippen LogP contribution in [0.5, 0.6) is 0 Å². The fourth-order valence-corrected chi connectivity index (χ4v) is 3.94. The van der Waals surface area contributed by atoms with Crippen LogP contribution in [0.25, 0.3) is 11.8 Å². The van der Waals surface area contributed by atoms with E-state index in [0.717, 1.165) is 5.56 Å². The molecule has 3 N–H and O–H groups in total. The third-order valence-electron chi connectivity index (χ3n) is 5.61. The number of aromatic nitrogens is 4. The SMILES string of the molecule is COC(=O)Nc1ccc(NC[C@H](Cc2ccccc2)NC(=O)/C=C/c2cc(Cl)ccc2-n2cnnn2)cc1F. The number of benzene rings is 3. The molecule has 2 amide bonds. The Labute approximate surface area is 228 Å². The molecule has 39 heavy (non-hydrogen) atoms. The monoisotopic (exact) mass is 549 g/mol. The quantitative estimate of drug-likeness (QED) is 0.249. The summed E-state index contributed by atoms with van der Waals surface area (Å²) in [4.78, 5) is 24.3. The molecule has 0 radical (unpaired) electrons. The van der Waals surface area contributed by atoms with Gasteiger partial charge >= 0.3 is 6.09 Å². The number of ether oxygens (including phenoxy) is 1. The summed E-state index contributed by atoms with van der Waals surface area (Å²) >= 11 is 6.16. The lowest BCUT2D eigenvalue weighted by Crippen LogP contribution is -2.40. The first-order valence-corrected chi connectivity index (χ1v) is 12.2. The maximum Gasteiger partial charge on any atom is 0.411 e. The first-order valence-electron chi connectivity index (χ1n) is 11.8. The highest BCUT2D eigenvalue weighted by atomic mass is 35.5. The summed E-state index contributed by atoms with van der Waals surface area (Å²) in [5.74, 6) is -0.957. The second-order valence-corrected chi connectivity index (χ2v) is 8.81. The first-order chi connectivity index (χ1) is 18.9. The van der Waals surface area contributed by atoms with Gasteiger partial charge in [-0.1, -0.05) is 41.9 Å². The highest BCUT2D eigenvalue weighted by Gasteiger charge is 2.14. The van der Waals surface area contributed by atoms with Gasteiger partial charge < -0.3 is 15.4 Å². The van der Waals surface area contributed by atoms with Crippen LogP contribution in [0.2, 0.25) is 5.02 Å². The maximum absolute atomic E-state index is 14.4. The number of carbonyl (C=O) groups is 2. The highest BCUT2D eigenvalue weighted by molar-refractivity contribution is 6.30. The molecule has 0 fully saturated rings. The first kappa shape index (κ1) is 27.3. The number of rotatable bonds is 10. The Morgan fingerprint density at radius 3 is 2.67 bits per heavy atom. The summed E-state index contributed by atoms with van der Waals surface area (Å²) in [5.41, 5.74) is 2.81. The number of methoxy groups -OCH3 is 1. The van der Waals surface area contributed by atoms with Crippen molar-refractivity contribution in [2.45, 2.75) is 12.5 Å². The maximum atomic E-state index is 14.4. The van der Waals surface area contributed by atoms with Gasteiger partial charge in [0, 0.05) is 28.9 Å². The molecule has 0 spiro atoms. The Hall–Kier alpha value is -4.77. The van der Waals surface area contributed by atoms with Crippen molar-refractivity contribution in [3.8, 4) is 5.69 Å². The van der Waals surface area contributed by atoms with Crippen LogP contribution in [0.15, 0.2) is 79.1 Å². The Bertz CT molecular complexity index is 1450. The van der Waals surface area contributed by atoms with Crippen molar-refractivity contribution in [2.24, 2.45) is 0 Å². The molecule has 0 aliphatic rings. The second-order valence-electron chi connectivity index (χ2n) is 8.38. The van der Waals surface area contributed by atoms with Crippen molar-refractivity contribution < 1.29 is 18.7 Å². The van der Waals surface area contributed by atoms with E-state index in [0.29, 0.717) is 34.9 Å². The molecule has 0 aliphatic carbocycles. The topological polar surface area (TPSA) is 123 Å². The molecular formula is C27H25ClFN7O3. The molecule has 1 heterocycles. The third-order valence-corrected chi connectivity index (χ3v) is 5.85. The predicted octanol–water partition coefficient (Wildman–Crippen LogP) is 4.49. The molecule has 10 nitrogen and oxygen atoms in total. The summed E-state index contributed by atoms with van der Waals surface area (Å²) < 4.78 is 20.4. The molecule has 0 unspecified atom stereocenters. The number of amides is 2. The smallest absolute Gasteiger partial charge is 0.411 e. The zero-order valence-electron chi connectivity index (χ0n) is 20.8. The molecule has 4 rings (SSSR count). The second kappa shape index (κ2) is 13.2. The van der Waals surface area contributed by atoms with Crippen molar-refractivity contribution in [1.29, 1.82) is 0 Å². The Kier molecular flexibility index (Phi) is 9.20. The summed E-state index contributed by atoms with van der Waals surface area (Å²) in [6.07, 6.45) is 4.25. The summed E-state index contributed by atoms with van der Waals surface area (Å²) in [6, 6.07) is 18.8. The minimum Gasteiger partial charge on any atom is -0.453 e. The molecule has 0 saturated heterocycles. The van der Waals surface area contributed by atoms with Gasteiger partial charge in [-0.05, 0) is 64.9 Å². The van der Waals surface area contributed by atoms with E-state index in [1.165, 1.54) is 36.3 Å². The van der Waals surface area contributed by atoms with Gasteiger partial charge in [0.15, 0.2) is 0 Å². The molecule has 200 valence electrons. The van der Waals surface area contributed by atoms with Crippen molar-refractivity contribution in [3.63, 3.8) is 0 Å². The van der Waals surface area contributed by atoms with Gasteiger partial charge in [-0.25, -0.2) is 9.18 Å². The highest BCUT2D eigenvalue weighted by Crippen LogP contribution is 2.21. The normalized spacial score (nSPS) is 11.7. The van der Waals surface area contributed by atoms with Crippen LogP contribution >= 0.6 is 11.6 Å². The van der Waals surface area contributed by atoms with E-state index in [1.54, 1.807) is 30.3 Å². The van der Waals surface area contributed by atoms with E-state index in [4.69, 9.17) is 11.6 Å². The van der Waals surface area contributed by atoms with Gasteiger partial charge in [-0.15, -0.1) is 5.10 Å². The van der Waals surface area contributed by atoms with Crippen molar-refractivity contribution in [1.82, 2.24) is 25.5 Å². The van der Waals surface area contributed by atoms with E-state index in [-0.39, 0.29) is 17.6 Å². The van der Waals surface area contributed by atoms with Gasteiger partial charge in [-0.2, -0.15) is 4.68 Å². The van der Waals surface area contributed by atoms with Gasteiger partial charge in [0.2, 0.25) is 5.91 Å². The van der Waals surface area contributed by atoms with Crippen molar-refractivity contribution >= 4 is 41.1 Å². The fourth-order valence-electron chi connectivity index (χ4n) is 3.76. The van der Waals surface area contributed by atoms with E-state index in [1.807, 2.05) is 30.3 Å². The van der Waals surface area contributed by atoms with Gasteiger partial charge in [0.25, 0.3) is 0 Å². The molecule has 12 heteroatoms. The molecule has 1 aromatic heterocycles. The standard InChI is InChI=1S/C27H25ClFN7O3/c1-39-27(38)33-24-10-9-21(15-23(24)29)30-16-22(13-18-5-3-2-4-6-18)32-26(37)12-7-19-14-20(28)8-11-25(19)36-17-31-34-35-36/h2-12,14-15,17,22,30H,13,16H2,1H3,(H,32,37)(H,33,38)/b12-7+/t22-/m0/s1. The number of tetrazole rings is 1. The zero-order valence-corrected chi connectivity index (χ0v) is 21.6. The average Bonchev–Trinajstić information content (AvgIpc) is 3.47. The summed E-state index contributed by atoms with van der Waals surface area (Å²) in [7, 11) is 1.20. The predicted molar refractivity (Wildman–Crippen MR) is 146 cm³/mol. The molecular weight excluding hydrogens is 525 g/mol. The lowest BCUT2D eigenvalue weighted by Gasteiger charge is -2.20. The Morgan fingerprint density at radius 1 is 1.13 bits per heavy atom. The summed E-state index contributed by atoms with van der Waals surface area (Å²) in [6.45, 7) is 0.310. The van der Waals surface area contributed by atoms with Gasteiger partial charge in [-0.3, -0.25) is 10.1 Å². The number of hydrogen-bond donors (Lipinski definition) is 3. The van der Waals surface area contributed by atoms with Crippen LogP contribution in [-0.2, 0) is 16.0 Å². The largest absolute Gasteiger partial charge is 0.453 e. The number of anilines is 2. The number of nitrogens with one attached hydrogen (secondary N) is 3. The van der Waals surface area contributed by atoms with Crippen LogP contribution in [-0.4, -0.2) is 51.9 Å². The third kappa shape index (κ3) is 7.86. The summed E-state index contributed by atoms with van der Waals surface area (Å²) in [5, 5.41) is 20.2. The molecule has 0 aliphatic heterocycles. The average molecular weight is 550 g/mol. The molecule has 4 aromatic rings. The van der Waals surface area contributed by atoms with Crippen LogP contribution in [0.4, 0.5) is 20.6 Å². The number of hydrogen-bond acceptors (Lipinski definition) is 7. The van der Waals surface area contributed by atoms with E-state index in [2.05, 4.69) is 36.2 Å². The minimum atomic E-state index is -0.767. The molecule has 3 aromatic carbocycles. The van der Waals surface area contributed by atoms with Crippen LogP contribution in [0.1, 0.15) is 11.1 Å². The van der Waals surface area contributed by atoms with Crippen LogP contribution in [0.3, 0.4) is 0 Å². The molecule has 0 bridgehead atoms. The van der Waals surface area contributed by atoms with E-state index < -0.39 is 11.9 Å².